The third-order valence-electron chi connectivity index (χ3n) is 3.16. The summed E-state index contributed by atoms with van der Waals surface area (Å²) >= 11 is 0. The number of aromatic amines is 1. The van der Waals surface area contributed by atoms with Crippen molar-refractivity contribution in [1.29, 1.82) is 0 Å². The summed E-state index contributed by atoms with van der Waals surface area (Å²) in [6.45, 7) is 1.89. The Hall–Kier alpha value is -2.82. The summed E-state index contributed by atoms with van der Waals surface area (Å²) in [4.78, 5) is 27.2. The van der Waals surface area contributed by atoms with Crippen molar-refractivity contribution in [2.24, 2.45) is 0 Å². The van der Waals surface area contributed by atoms with Crippen LogP contribution in [-0.4, -0.2) is 14.7 Å². The molecule has 0 aliphatic heterocycles. The van der Waals surface area contributed by atoms with Gasteiger partial charge in [0.2, 0.25) is 0 Å². The van der Waals surface area contributed by atoms with E-state index in [1.807, 2.05) is 13.0 Å². The smallest absolute Gasteiger partial charge is 0.333 e. The van der Waals surface area contributed by atoms with E-state index in [9.17, 15) is 14.7 Å². The normalized spacial score (nSPS) is 10.8. The van der Waals surface area contributed by atoms with Crippen LogP contribution in [0.25, 0.3) is 16.6 Å². The summed E-state index contributed by atoms with van der Waals surface area (Å²) in [5.41, 5.74) is 1.02. The molecule has 0 unspecified atom stereocenters. The Bertz CT molecular complexity index is 905. The van der Waals surface area contributed by atoms with Crippen LogP contribution in [0, 0.1) is 6.92 Å². The van der Waals surface area contributed by atoms with Gasteiger partial charge in [-0.25, -0.2) is 9.36 Å². The number of aryl methyl sites for hydroxylation is 1. The van der Waals surface area contributed by atoms with Crippen molar-refractivity contribution in [1.82, 2.24) is 9.55 Å². The van der Waals surface area contributed by atoms with Crippen molar-refractivity contribution >= 4 is 10.9 Å². The molecule has 100 valence electrons. The first-order valence-electron chi connectivity index (χ1n) is 6.11. The van der Waals surface area contributed by atoms with Gasteiger partial charge in [-0.05, 0) is 48.9 Å². The zero-order valence-corrected chi connectivity index (χ0v) is 10.8. The number of H-pyrrole nitrogens is 1. The summed E-state index contributed by atoms with van der Waals surface area (Å²) in [5.74, 6) is 0.0784. The van der Waals surface area contributed by atoms with Gasteiger partial charge in [-0.3, -0.25) is 4.79 Å². The third-order valence-corrected chi connectivity index (χ3v) is 3.16. The number of phenolic OH excluding ortho intramolecular Hbond substituents is 1. The molecule has 20 heavy (non-hydrogen) atoms. The lowest BCUT2D eigenvalue weighted by Crippen LogP contribution is -2.33. The minimum Gasteiger partial charge on any atom is -0.508 e. The maximum absolute atomic E-state index is 12.4. The van der Waals surface area contributed by atoms with Crippen molar-refractivity contribution in [2.75, 3.05) is 0 Å². The molecule has 0 amide bonds. The maximum Gasteiger partial charge on any atom is 0.333 e. The quantitative estimate of drug-likeness (QED) is 0.705. The Labute approximate surface area is 113 Å². The molecular formula is C15H12N2O3. The molecule has 0 spiro atoms. The SMILES string of the molecule is Cc1ccc2c(=O)n(-c3ccc(O)cc3)c(=O)[nH]c2c1. The van der Waals surface area contributed by atoms with Gasteiger partial charge in [0, 0.05) is 0 Å². The van der Waals surface area contributed by atoms with E-state index in [1.165, 1.54) is 24.3 Å². The summed E-state index contributed by atoms with van der Waals surface area (Å²) in [5, 5.41) is 9.72. The molecule has 0 fully saturated rings. The number of hydrogen-bond acceptors (Lipinski definition) is 3. The average molecular weight is 268 g/mol. The third kappa shape index (κ3) is 1.89. The van der Waals surface area contributed by atoms with Crippen molar-refractivity contribution < 1.29 is 5.11 Å². The van der Waals surface area contributed by atoms with E-state index in [-0.39, 0.29) is 11.3 Å². The van der Waals surface area contributed by atoms with Crippen LogP contribution in [0.1, 0.15) is 5.56 Å². The molecule has 0 saturated heterocycles. The van der Waals surface area contributed by atoms with Crippen LogP contribution >= 0.6 is 0 Å². The second-order valence-electron chi connectivity index (χ2n) is 4.64. The predicted octanol–water partition coefficient (Wildman–Crippen LogP) is 1.69. The number of aromatic hydroxyl groups is 1. The summed E-state index contributed by atoms with van der Waals surface area (Å²) < 4.78 is 1.05. The molecule has 0 aliphatic rings. The van der Waals surface area contributed by atoms with E-state index in [4.69, 9.17) is 0 Å². The Kier molecular flexibility index (Phi) is 2.68. The van der Waals surface area contributed by atoms with E-state index in [1.54, 1.807) is 12.1 Å². The number of phenols is 1. The van der Waals surface area contributed by atoms with Crippen molar-refractivity contribution in [3.8, 4) is 11.4 Å². The van der Waals surface area contributed by atoms with Gasteiger partial charge < -0.3 is 10.1 Å². The fourth-order valence-corrected chi connectivity index (χ4v) is 2.17. The number of rotatable bonds is 1. The van der Waals surface area contributed by atoms with Crippen LogP contribution < -0.4 is 11.2 Å². The largest absolute Gasteiger partial charge is 0.508 e. The summed E-state index contributed by atoms with van der Waals surface area (Å²) in [6, 6.07) is 11.2. The Balaban J connectivity index is 2.37. The lowest BCUT2D eigenvalue weighted by atomic mass is 10.2. The van der Waals surface area contributed by atoms with E-state index in [0.29, 0.717) is 16.6 Å². The van der Waals surface area contributed by atoms with Crippen molar-refractivity contribution in [2.45, 2.75) is 6.92 Å². The molecule has 1 heterocycles. The zero-order chi connectivity index (χ0) is 14.3. The highest BCUT2D eigenvalue weighted by atomic mass is 16.3. The highest BCUT2D eigenvalue weighted by molar-refractivity contribution is 5.78. The molecular weight excluding hydrogens is 256 g/mol. The second-order valence-corrected chi connectivity index (χ2v) is 4.64. The number of hydrogen-bond donors (Lipinski definition) is 2. The van der Waals surface area contributed by atoms with Crippen LogP contribution in [0.2, 0.25) is 0 Å². The van der Waals surface area contributed by atoms with Crippen LogP contribution in [0.4, 0.5) is 0 Å². The molecule has 1 aromatic heterocycles. The number of aromatic nitrogens is 2. The number of nitrogens with zero attached hydrogens (tertiary/aromatic N) is 1. The monoisotopic (exact) mass is 268 g/mol. The molecule has 0 atom stereocenters. The summed E-state index contributed by atoms with van der Waals surface area (Å²) in [7, 11) is 0. The van der Waals surface area contributed by atoms with Gasteiger partial charge in [-0.15, -0.1) is 0 Å². The van der Waals surface area contributed by atoms with Gasteiger partial charge in [0.25, 0.3) is 5.56 Å². The molecule has 2 N–H and O–H groups in total. The van der Waals surface area contributed by atoms with Crippen LogP contribution in [0.5, 0.6) is 5.75 Å². The molecule has 5 nitrogen and oxygen atoms in total. The van der Waals surface area contributed by atoms with E-state index in [2.05, 4.69) is 4.98 Å². The minimum absolute atomic E-state index is 0.0784. The van der Waals surface area contributed by atoms with Crippen LogP contribution in [0.15, 0.2) is 52.1 Å². The molecule has 5 heteroatoms. The first kappa shape index (κ1) is 12.2. The maximum atomic E-state index is 12.4. The number of fused-ring (bicyclic) bond motifs is 1. The highest BCUT2D eigenvalue weighted by Gasteiger charge is 2.09. The fourth-order valence-electron chi connectivity index (χ4n) is 2.17. The molecule has 0 radical (unpaired) electrons. The summed E-state index contributed by atoms with van der Waals surface area (Å²) in [6.07, 6.45) is 0. The van der Waals surface area contributed by atoms with Gasteiger partial charge in [0.15, 0.2) is 0 Å². The lowest BCUT2D eigenvalue weighted by molar-refractivity contribution is 0.475. The van der Waals surface area contributed by atoms with Crippen molar-refractivity contribution in [3.63, 3.8) is 0 Å². The average Bonchev–Trinajstić information content (AvgIpc) is 2.40. The van der Waals surface area contributed by atoms with Gasteiger partial charge in [-0.1, -0.05) is 6.07 Å². The van der Waals surface area contributed by atoms with Gasteiger partial charge in [0.05, 0.1) is 16.6 Å². The predicted molar refractivity (Wildman–Crippen MR) is 76.6 cm³/mol. The van der Waals surface area contributed by atoms with E-state index >= 15 is 0 Å². The molecule has 2 aromatic carbocycles. The molecule has 3 rings (SSSR count). The van der Waals surface area contributed by atoms with Crippen LogP contribution in [0.3, 0.4) is 0 Å². The van der Waals surface area contributed by atoms with Gasteiger partial charge in [-0.2, -0.15) is 0 Å². The van der Waals surface area contributed by atoms with E-state index in [0.717, 1.165) is 10.1 Å². The molecule has 0 aliphatic carbocycles. The second kappa shape index (κ2) is 4.38. The van der Waals surface area contributed by atoms with Crippen molar-refractivity contribution in [3.05, 3.63) is 68.9 Å². The number of benzene rings is 2. The van der Waals surface area contributed by atoms with Gasteiger partial charge >= 0.3 is 5.69 Å². The minimum atomic E-state index is -0.501. The van der Waals surface area contributed by atoms with Gasteiger partial charge in [0.1, 0.15) is 5.75 Å². The molecule has 0 bridgehead atoms. The molecule has 0 saturated carbocycles. The first-order valence-corrected chi connectivity index (χ1v) is 6.11. The Morgan fingerprint density at radius 2 is 1.75 bits per heavy atom. The Morgan fingerprint density at radius 1 is 1.05 bits per heavy atom. The number of nitrogens with one attached hydrogen (secondary N) is 1. The lowest BCUT2D eigenvalue weighted by Gasteiger charge is -2.07. The van der Waals surface area contributed by atoms with E-state index < -0.39 is 5.69 Å². The molecule has 3 aromatic rings. The topological polar surface area (TPSA) is 75.1 Å². The Morgan fingerprint density at radius 3 is 2.45 bits per heavy atom. The van der Waals surface area contributed by atoms with Crippen LogP contribution in [-0.2, 0) is 0 Å². The fraction of sp³-hybridized carbons (Fsp3) is 0.0667. The zero-order valence-electron chi connectivity index (χ0n) is 10.8. The first-order chi connectivity index (χ1) is 9.56. The highest BCUT2D eigenvalue weighted by Crippen LogP contribution is 2.12. The standard InChI is InChI=1S/C15H12N2O3/c1-9-2-7-12-13(8-9)16-15(20)17(14(12)19)10-3-5-11(18)6-4-10/h2-8,18H,1H3,(H,16,20).